The van der Waals surface area contributed by atoms with Crippen LogP contribution in [0.15, 0.2) is 24.3 Å². The van der Waals surface area contributed by atoms with Crippen LogP contribution in [-0.4, -0.2) is 9.55 Å². The Morgan fingerprint density at radius 1 is 1.14 bits per heavy atom. The summed E-state index contributed by atoms with van der Waals surface area (Å²) in [5.41, 5.74) is 8.41. The van der Waals surface area contributed by atoms with Crippen LogP contribution < -0.4 is 5.73 Å². The molecule has 0 aliphatic rings. The van der Waals surface area contributed by atoms with Gasteiger partial charge in [0.1, 0.15) is 12.1 Å². The van der Waals surface area contributed by atoms with Gasteiger partial charge in [-0.1, -0.05) is 45.0 Å². The second kappa shape index (κ2) is 5.30. The van der Waals surface area contributed by atoms with E-state index in [-0.39, 0.29) is 22.8 Å². The van der Waals surface area contributed by atoms with Gasteiger partial charge in [0.2, 0.25) is 5.95 Å². The monoisotopic (exact) mass is 279 g/mol. The number of nitrogens with zero attached hydrogens (tertiary/aromatic N) is 4. The lowest BCUT2D eigenvalue weighted by molar-refractivity contribution is 0.589. The molecule has 0 fully saturated rings. The minimum atomic E-state index is 0.0707. The SMILES string of the molecule is CC(C)(C)c1ccc(Cn2c(N)nc(C#N)c2C#N)cc1. The summed E-state index contributed by atoms with van der Waals surface area (Å²) in [6.45, 7) is 6.89. The number of rotatable bonds is 2. The second-order valence-electron chi connectivity index (χ2n) is 5.92. The molecule has 2 N–H and O–H groups in total. The third-order valence-electron chi connectivity index (χ3n) is 3.37. The molecule has 0 saturated carbocycles. The molecular formula is C16H17N5. The van der Waals surface area contributed by atoms with Crippen LogP contribution in [0.3, 0.4) is 0 Å². The van der Waals surface area contributed by atoms with Crippen molar-refractivity contribution in [1.82, 2.24) is 9.55 Å². The molecule has 0 spiro atoms. The molecule has 0 bridgehead atoms. The van der Waals surface area contributed by atoms with Crippen LogP contribution in [-0.2, 0) is 12.0 Å². The highest BCUT2D eigenvalue weighted by Gasteiger charge is 2.16. The van der Waals surface area contributed by atoms with Crippen molar-refractivity contribution in [3.8, 4) is 12.1 Å². The number of nitriles is 2. The standard InChI is InChI=1S/C16H17N5/c1-16(2,3)12-6-4-11(5-7-12)10-21-14(9-18)13(8-17)20-15(21)19/h4-7H,10H2,1-3H3,(H2,19,20). The van der Waals surface area contributed by atoms with Crippen molar-refractivity contribution in [1.29, 1.82) is 10.5 Å². The zero-order chi connectivity index (χ0) is 15.6. The van der Waals surface area contributed by atoms with Gasteiger partial charge >= 0.3 is 0 Å². The molecule has 0 saturated heterocycles. The first-order valence-corrected chi connectivity index (χ1v) is 6.62. The lowest BCUT2D eigenvalue weighted by atomic mass is 9.87. The maximum Gasteiger partial charge on any atom is 0.202 e. The van der Waals surface area contributed by atoms with E-state index < -0.39 is 0 Å². The van der Waals surface area contributed by atoms with Gasteiger partial charge in [-0.3, -0.25) is 4.57 Å². The molecule has 2 rings (SSSR count). The van der Waals surface area contributed by atoms with Crippen LogP contribution in [0, 0.1) is 22.7 Å². The van der Waals surface area contributed by atoms with Crippen LogP contribution in [0.4, 0.5) is 5.95 Å². The number of imidazole rings is 1. The van der Waals surface area contributed by atoms with Gasteiger partial charge in [-0.05, 0) is 16.5 Å². The highest BCUT2D eigenvalue weighted by Crippen LogP contribution is 2.23. The molecule has 0 unspecified atom stereocenters. The molecular weight excluding hydrogens is 262 g/mol. The summed E-state index contributed by atoms with van der Waals surface area (Å²) in [5.74, 6) is 0.183. The van der Waals surface area contributed by atoms with E-state index in [1.165, 1.54) is 5.56 Å². The van der Waals surface area contributed by atoms with Crippen molar-refractivity contribution in [3.63, 3.8) is 0 Å². The van der Waals surface area contributed by atoms with Crippen molar-refractivity contribution in [3.05, 3.63) is 46.8 Å². The maximum atomic E-state index is 9.16. The summed E-state index contributed by atoms with van der Waals surface area (Å²) in [6, 6.07) is 12.0. The van der Waals surface area contributed by atoms with Crippen LogP contribution in [0.2, 0.25) is 0 Å². The Morgan fingerprint density at radius 2 is 1.76 bits per heavy atom. The van der Waals surface area contributed by atoms with Gasteiger partial charge in [-0.2, -0.15) is 10.5 Å². The van der Waals surface area contributed by atoms with Crippen molar-refractivity contribution in [2.45, 2.75) is 32.7 Å². The topological polar surface area (TPSA) is 91.4 Å². The van der Waals surface area contributed by atoms with Gasteiger partial charge in [-0.25, -0.2) is 4.98 Å². The molecule has 5 nitrogen and oxygen atoms in total. The number of nitrogens with two attached hydrogens (primary N) is 1. The summed E-state index contributed by atoms with van der Waals surface area (Å²) in [6.07, 6.45) is 0. The van der Waals surface area contributed by atoms with Crippen molar-refractivity contribution in [2.24, 2.45) is 0 Å². The quantitative estimate of drug-likeness (QED) is 0.914. The number of hydrogen-bond donors (Lipinski definition) is 1. The highest BCUT2D eigenvalue weighted by molar-refractivity contribution is 5.44. The van der Waals surface area contributed by atoms with E-state index in [0.717, 1.165) is 5.56 Å². The van der Waals surface area contributed by atoms with Gasteiger partial charge < -0.3 is 5.73 Å². The predicted octanol–water partition coefficient (Wildman–Crippen LogP) is 2.55. The van der Waals surface area contributed by atoms with Crippen molar-refractivity contribution >= 4 is 5.95 Å². The normalized spacial score (nSPS) is 10.9. The summed E-state index contributed by atoms with van der Waals surface area (Å²) in [5, 5.41) is 18.1. The minimum Gasteiger partial charge on any atom is -0.369 e. The van der Waals surface area contributed by atoms with Gasteiger partial charge in [0.25, 0.3) is 0 Å². The van der Waals surface area contributed by atoms with Crippen LogP contribution in [0.25, 0.3) is 0 Å². The van der Waals surface area contributed by atoms with Crippen molar-refractivity contribution in [2.75, 3.05) is 5.73 Å². The van der Waals surface area contributed by atoms with Gasteiger partial charge in [-0.15, -0.1) is 0 Å². The lowest BCUT2D eigenvalue weighted by Gasteiger charge is -2.19. The summed E-state index contributed by atoms with van der Waals surface area (Å²) in [7, 11) is 0. The molecule has 0 radical (unpaired) electrons. The average Bonchev–Trinajstić information content (AvgIpc) is 2.74. The van der Waals surface area contributed by atoms with E-state index in [1.54, 1.807) is 4.57 Å². The van der Waals surface area contributed by atoms with Gasteiger partial charge in [0.15, 0.2) is 11.4 Å². The third kappa shape index (κ3) is 2.88. The fourth-order valence-corrected chi connectivity index (χ4v) is 2.11. The molecule has 1 aromatic carbocycles. The van der Waals surface area contributed by atoms with E-state index in [1.807, 2.05) is 24.3 Å². The third-order valence-corrected chi connectivity index (χ3v) is 3.37. The molecule has 5 heteroatoms. The van der Waals surface area contributed by atoms with Crippen LogP contribution in [0.1, 0.15) is 43.3 Å². The van der Waals surface area contributed by atoms with E-state index in [0.29, 0.717) is 6.54 Å². The Morgan fingerprint density at radius 3 is 2.24 bits per heavy atom. The van der Waals surface area contributed by atoms with Crippen LogP contribution in [0.5, 0.6) is 0 Å². The smallest absolute Gasteiger partial charge is 0.202 e. The Balaban J connectivity index is 2.34. The molecule has 0 aliphatic heterocycles. The molecule has 1 heterocycles. The van der Waals surface area contributed by atoms with E-state index in [4.69, 9.17) is 16.3 Å². The predicted molar refractivity (Wildman–Crippen MR) is 80.3 cm³/mol. The largest absolute Gasteiger partial charge is 0.369 e. The fourth-order valence-electron chi connectivity index (χ4n) is 2.11. The summed E-state index contributed by atoms with van der Waals surface area (Å²) < 4.78 is 1.56. The van der Waals surface area contributed by atoms with Crippen molar-refractivity contribution < 1.29 is 0 Å². The van der Waals surface area contributed by atoms with E-state index in [2.05, 4.69) is 37.9 Å². The van der Waals surface area contributed by atoms with Gasteiger partial charge in [0, 0.05) is 0 Å². The Bertz CT molecular complexity index is 733. The fraction of sp³-hybridized carbons (Fsp3) is 0.312. The molecule has 0 amide bonds. The average molecular weight is 279 g/mol. The zero-order valence-electron chi connectivity index (χ0n) is 12.4. The van der Waals surface area contributed by atoms with E-state index in [9.17, 15) is 0 Å². The molecule has 106 valence electrons. The number of nitrogen functional groups attached to an aromatic ring is 1. The minimum absolute atomic E-state index is 0.0707. The Labute approximate surface area is 124 Å². The number of benzene rings is 1. The van der Waals surface area contributed by atoms with E-state index >= 15 is 0 Å². The number of anilines is 1. The summed E-state index contributed by atoms with van der Waals surface area (Å²) >= 11 is 0. The summed E-state index contributed by atoms with van der Waals surface area (Å²) in [4.78, 5) is 3.91. The van der Waals surface area contributed by atoms with Gasteiger partial charge in [0.05, 0.1) is 6.54 Å². The Hall–Kier alpha value is -2.79. The maximum absolute atomic E-state index is 9.16. The Kier molecular flexibility index (Phi) is 3.69. The first-order chi connectivity index (χ1) is 9.86. The lowest BCUT2D eigenvalue weighted by Crippen LogP contribution is -2.11. The molecule has 21 heavy (non-hydrogen) atoms. The number of hydrogen-bond acceptors (Lipinski definition) is 4. The molecule has 2 aromatic rings. The highest BCUT2D eigenvalue weighted by atomic mass is 15.2. The first kappa shape index (κ1) is 14.6. The van der Waals surface area contributed by atoms with Crippen LogP contribution >= 0.6 is 0 Å². The first-order valence-electron chi connectivity index (χ1n) is 6.62. The number of aromatic nitrogens is 2. The molecule has 1 aromatic heterocycles. The molecule has 0 atom stereocenters. The second-order valence-corrected chi connectivity index (χ2v) is 5.92. The molecule has 0 aliphatic carbocycles. The zero-order valence-corrected chi connectivity index (χ0v) is 12.4.